The predicted octanol–water partition coefficient (Wildman–Crippen LogP) is 2.56. The van der Waals surface area contributed by atoms with E-state index in [9.17, 15) is 9.59 Å². The molecule has 2 aromatic rings. The molecule has 0 atom stereocenters. The second-order valence-corrected chi connectivity index (χ2v) is 6.56. The van der Waals surface area contributed by atoms with E-state index in [1.54, 1.807) is 7.11 Å². The molecule has 0 radical (unpaired) electrons. The van der Waals surface area contributed by atoms with Crippen LogP contribution < -0.4 is 20.3 Å². The van der Waals surface area contributed by atoms with E-state index in [1.807, 2.05) is 59.5 Å². The maximum absolute atomic E-state index is 12.4. The molecule has 1 fully saturated rings. The summed E-state index contributed by atoms with van der Waals surface area (Å²) < 4.78 is 5.19. The Morgan fingerprint density at radius 1 is 0.964 bits per heavy atom. The van der Waals surface area contributed by atoms with Gasteiger partial charge in [0.25, 0.3) is 0 Å². The smallest absolute Gasteiger partial charge is 0.319 e. The van der Waals surface area contributed by atoms with Crippen LogP contribution in [0.15, 0.2) is 54.6 Å². The number of rotatable bonds is 6. The number of hydrogen-bond donors (Lipinski definition) is 2. The van der Waals surface area contributed by atoms with Crippen molar-refractivity contribution in [2.24, 2.45) is 0 Å². The molecule has 1 heterocycles. The molecule has 2 N–H and O–H groups in total. The molecule has 3 amide bonds. The van der Waals surface area contributed by atoms with Gasteiger partial charge in [-0.3, -0.25) is 4.79 Å². The average Bonchev–Trinajstić information content (AvgIpc) is 2.74. The van der Waals surface area contributed by atoms with Crippen LogP contribution in [0.3, 0.4) is 0 Å². The van der Waals surface area contributed by atoms with Gasteiger partial charge in [0.15, 0.2) is 0 Å². The number of carbonyl (C=O) groups excluding carboxylic acids is 2. The molecule has 0 bridgehead atoms. The topological polar surface area (TPSA) is 73.9 Å². The van der Waals surface area contributed by atoms with Crippen LogP contribution in [0.25, 0.3) is 0 Å². The van der Waals surface area contributed by atoms with E-state index >= 15 is 0 Å². The van der Waals surface area contributed by atoms with Crippen LogP contribution in [-0.2, 0) is 4.79 Å². The lowest BCUT2D eigenvalue weighted by atomic mass is 10.2. The van der Waals surface area contributed by atoms with Gasteiger partial charge in [0.2, 0.25) is 5.91 Å². The molecule has 1 saturated heterocycles. The fraction of sp³-hybridized carbons (Fsp3) is 0.333. The summed E-state index contributed by atoms with van der Waals surface area (Å²) in [7, 11) is 1.65. The monoisotopic (exact) mass is 382 g/mol. The first-order valence-corrected chi connectivity index (χ1v) is 9.42. The van der Waals surface area contributed by atoms with Crippen molar-refractivity contribution >= 4 is 23.3 Å². The number of nitrogens with zero attached hydrogens (tertiary/aromatic N) is 2. The van der Waals surface area contributed by atoms with E-state index in [4.69, 9.17) is 4.74 Å². The fourth-order valence-electron chi connectivity index (χ4n) is 3.14. The first kappa shape index (κ1) is 19.5. The highest BCUT2D eigenvalue weighted by atomic mass is 16.5. The van der Waals surface area contributed by atoms with Gasteiger partial charge < -0.3 is 25.2 Å². The van der Waals surface area contributed by atoms with Crippen LogP contribution in [0.1, 0.15) is 6.42 Å². The summed E-state index contributed by atoms with van der Waals surface area (Å²) in [4.78, 5) is 28.4. The molecule has 1 aliphatic rings. The molecule has 148 valence electrons. The van der Waals surface area contributed by atoms with E-state index in [1.165, 1.54) is 0 Å². The Kier molecular flexibility index (Phi) is 6.73. The minimum absolute atomic E-state index is 0.0643. The first-order valence-electron chi connectivity index (χ1n) is 9.42. The van der Waals surface area contributed by atoms with E-state index < -0.39 is 0 Å². The van der Waals surface area contributed by atoms with Gasteiger partial charge >= 0.3 is 6.03 Å². The summed E-state index contributed by atoms with van der Waals surface area (Å²) in [6.07, 6.45) is 0.296. The Labute approximate surface area is 165 Å². The molecule has 0 aliphatic carbocycles. The van der Waals surface area contributed by atoms with Crippen LogP contribution in [0.5, 0.6) is 5.75 Å². The summed E-state index contributed by atoms with van der Waals surface area (Å²) in [5.74, 6) is 0.899. The molecule has 28 heavy (non-hydrogen) atoms. The quantitative estimate of drug-likeness (QED) is 0.805. The maximum atomic E-state index is 12.4. The average molecular weight is 382 g/mol. The number of ether oxygens (including phenoxy) is 1. The standard InChI is InChI=1S/C21H26N4O3/c1-28-19-9-7-18(8-10-19)24-13-15-25(16-14-24)20(26)11-12-22-21(27)23-17-5-3-2-4-6-17/h2-10H,11-16H2,1H3,(H2,22,23,27). The minimum Gasteiger partial charge on any atom is -0.497 e. The van der Waals surface area contributed by atoms with Crippen LogP contribution in [0, 0.1) is 0 Å². The van der Waals surface area contributed by atoms with Crippen molar-refractivity contribution in [2.75, 3.05) is 50.1 Å². The third kappa shape index (κ3) is 5.39. The second-order valence-electron chi connectivity index (χ2n) is 6.56. The molecule has 0 spiro atoms. The van der Waals surface area contributed by atoms with Gasteiger partial charge in [-0.25, -0.2) is 4.79 Å². The van der Waals surface area contributed by atoms with Crippen molar-refractivity contribution < 1.29 is 14.3 Å². The highest BCUT2D eigenvalue weighted by Gasteiger charge is 2.21. The number of methoxy groups -OCH3 is 1. The van der Waals surface area contributed by atoms with Crippen LogP contribution in [-0.4, -0.2) is 56.7 Å². The molecule has 0 unspecified atom stereocenters. The van der Waals surface area contributed by atoms with E-state index in [-0.39, 0.29) is 11.9 Å². The Morgan fingerprint density at radius 3 is 2.29 bits per heavy atom. The largest absolute Gasteiger partial charge is 0.497 e. The van der Waals surface area contributed by atoms with Crippen molar-refractivity contribution in [3.63, 3.8) is 0 Å². The van der Waals surface area contributed by atoms with Gasteiger partial charge in [-0.2, -0.15) is 0 Å². The summed E-state index contributed by atoms with van der Waals surface area (Å²) in [5, 5.41) is 5.46. The number of anilines is 2. The predicted molar refractivity (Wildman–Crippen MR) is 110 cm³/mol. The molecule has 7 nitrogen and oxygen atoms in total. The van der Waals surface area contributed by atoms with Crippen molar-refractivity contribution in [1.82, 2.24) is 10.2 Å². The number of hydrogen-bond acceptors (Lipinski definition) is 4. The summed E-state index contributed by atoms with van der Waals surface area (Å²) in [6, 6.07) is 16.9. The number of piperazine rings is 1. The molecular weight excluding hydrogens is 356 g/mol. The molecule has 7 heteroatoms. The highest BCUT2D eigenvalue weighted by molar-refractivity contribution is 5.89. The maximum Gasteiger partial charge on any atom is 0.319 e. The number of benzene rings is 2. The van der Waals surface area contributed by atoms with Crippen molar-refractivity contribution in [2.45, 2.75) is 6.42 Å². The van der Waals surface area contributed by atoms with E-state index in [2.05, 4.69) is 15.5 Å². The third-order valence-corrected chi connectivity index (χ3v) is 4.73. The Morgan fingerprint density at radius 2 is 1.64 bits per heavy atom. The summed E-state index contributed by atoms with van der Waals surface area (Å²) >= 11 is 0. The van der Waals surface area contributed by atoms with Gasteiger partial charge in [-0.15, -0.1) is 0 Å². The number of urea groups is 1. The lowest BCUT2D eigenvalue weighted by Crippen LogP contribution is -2.49. The molecular formula is C21H26N4O3. The first-order chi connectivity index (χ1) is 13.7. The lowest BCUT2D eigenvalue weighted by molar-refractivity contribution is -0.131. The highest BCUT2D eigenvalue weighted by Crippen LogP contribution is 2.20. The SMILES string of the molecule is COc1ccc(N2CCN(C(=O)CCNC(=O)Nc3ccccc3)CC2)cc1. The molecule has 1 aliphatic heterocycles. The van der Waals surface area contributed by atoms with E-state index in [0.717, 1.165) is 30.2 Å². The fourth-order valence-corrected chi connectivity index (χ4v) is 3.14. The zero-order valence-electron chi connectivity index (χ0n) is 16.1. The molecule has 2 aromatic carbocycles. The van der Waals surface area contributed by atoms with Crippen molar-refractivity contribution in [3.05, 3.63) is 54.6 Å². The summed E-state index contributed by atoms with van der Waals surface area (Å²) in [5.41, 5.74) is 1.85. The van der Waals surface area contributed by atoms with Gasteiger partial charge in [0.1, 0.15) is 5.75 Å². The van der Waals surface area contributed by atoms with Gasteiger partial charge in [0.05, 0.1) is 7.11 Å². The lowest BCUT2D eigenvalue weighted by Gasteiger charge is -2.36. The summed E-state index contributed by atoms with van der Waals surface area (Å²) in [6.45, 7) is 3.26. The molecule has 3 rings (SSSR count). The van der Waals surface area contributed by atoms with Crippen LogP contribution in [0.2, 0.25) is 0 Å². The van der Waals surface area contributed by atoms with Crippen LogP contribution >= 0.6 is 0 Å². The normalized spacial score (nSPS) is 13.8. The van der Waals surface area contributed by atoms with Crippen molar-refractivity contribution in [1.29, 1.82) is 0 Å². The number of para-hydroxylation sites is 1. The Balaban J connectivity index is 1.37. The number of nitrogens with one attached hydrogen (secondary N) is 2. The van der Waals surface area contributed by atoms with Crippen LogP contribution in [0.4, 0.5) is 16.2 Å². The zero-order chi connectivity index (χ0) is 19.8. The number of carbonyl (C=O) groups is 2. The van der Waals surface area contributed by atoms with Gasteiger partial charge in [-0.05, 0) is 36.4 Å². The Bertz CT molecular complexity index is 772. The van der Waals surface area contributed by atoms with Crippen molar-refractivity contribution in [3.8, 4) is 5.75 Å². The zero-order valence-corrected chi connectivity index (χ0v) is 16.1. The minimum atomic E-state index is -0.302. The molecule has 0 saturated carbocycles. The van der Waals surface area contributed by atoms with Gasteiger partial charge in [0, 0.05) is 50.5 Å². The van der Waals surface area contributed by atoms with E-state index in [0.29, 0.717) is 26.1 Å². The Hall–Kier alpha value is -3.22. The van der Waals surface area contributed by atoms with Gasteiger partial charge in [-0.1, -0.05) is 18.2 Å². The number of amides is 3. The molecule has 0 aromatic heterocycles. The third-order valence-electron chi connectivity index (χ3n) is 4.73. The second kappa shape index (κ2) is 9.64.